The summed E-state index contributed by atoms with van der Waals surface area (Å²) in [7, 11) is 5.65. The molecule has 48 valence electrons. The molecule has 1 nitrogen and oxygen atoms in total. The van der Waals surface area contributed by atoms with E-state index < -0.39 is 23.3 Å². The molecule has 0 aromatic rings. The molecule has 0 rings (SSSR count). The van der Waals surface area contributed by atoms with E-state index in [0.717, 1.165) is 9.50 Å². The molecule has 0 bridgehead atoms. The monoisotopic (exact) mass is 334 g/mol. The second kappa shape index (κ2) is 5.42. The van der Waals surface area contributed by atoms with Gasteiger partial charge in [0.15, 0.2) is 0 Å². The Balaban J connectivity index is 3.69. The van der Waals surface area contributed by atoms with E-state index in [-0.39, 0.29) is 5.78 Å². The molecule has 0 heterocycles. The van der Waals surface area contributed by atoms with Crippen molar-refractivity contribution in [2.75, 3.05) is 0 Å². The van der Waals surface area contributed by atoms with E-state index in [1.54, 1.807) is 13.0 Å². The Morgan fingerprint density at radius 3 is 2.56 bits per heavy atom. The average Bonchev–Trinajstić information content (AvgIpc) is 1.63. The van der Waals surface area contributed by atoms with E-state index in [9.17, 15) is 4.79 Å². The van der Waals surface area contributed by atoms with Gasteiger partial charge in [-0.3, -0.25) is 0 Å². The molecule has 0 aromatic heterocycles. The number of hydrogen-bond acceptors (Lipinski definition) is 1. The summed E-state index contributed by atoms with van der Waals surface area (Å²) in [5.74, 6) is 0.131. The van der Waals surface area contributed by atoms with Gasteiger partial charge in [0.1, 0.15) is 0 Å². The van der Waals surface area contributed by atoms with E-state index in [2.05, 4.69) is 0 Å². The van der Waals surface area contributed by atoms with E-state index >= 15 is 0 Å². The number of allylic oxidation sites excluding steroid dienone is 2. The van der Waals surface area contributed by atoms with Crippen LogP contribution in [0.15, 0.2) is 11.6 Å². The summed E-state index contributed by atoms with van der Waals surface area (Å²) in [5.41, 5.74) is 1.15. The molecular formula is C6H9ClHgO. The van der Waals surface area contributed by atoms with Crippen molar-refractivity contribution < 1.29 is 28.1 Å². The van der Waals surface area contributed by atoms with Gasteiger partial charge in [-0.15, -0.1) is 0 Å². The summed E-state index contributed by atoms with van der Waals surface area (Å²) in [4.78, 5) is 10.4. The zero-order chi connectivity index (χ0) is 7.28. The van der Waals surface area contributed by atoms with Gasteiger partial charge in [-0.25, -0.2) is 0 Å². The summed E-state index contributed by atoms with van der Waals surface area (Å²) in [5, 5.41) is 0. The molecule has 0 aliphatic heterocycles. The van der Waals surface area contributed by atoms with Crippen molar-refractivity contribution >= 4 is 14.0 Å². The van der Waals surface area contributed by atoms with Gasteiger partial charge in [-0.1, -0.05) is 0 Å². The van der Waals surface area contributed by atoms with Crippen molar-refractivity contribution in [1.82, 2.24) is 0 Å². The van der Waals surface area contributed by atoms with Crippen LogP contribution < -0.4 is 0 Å². The van der Waals surface area contributed by atoms with Crippen LogP contribution in [-0.2, 0) is 28.1 Å². The van der Waals surface area contributed by atoms with Gasteiger partial charge in [0, 0.05) is 0 Å². The van der Waals surface area contributed by atoms with Crippen LogP contribution in [0.1, 0.15) is 13.8 Å². The number of hydrogen-bond donors (Lipinski definition) is 0. The first-order chi connectivity index (χ1) is 4.16. The van der Waals surface area contributed by atoms with Crippen molar-refractivity contribution in [3.05, 3.63) is 11.6 Å². The van der Waals surface area contributed by atoms with Gasteiger partial charge in [-0.05, 0) is 0 Å². The van der Waals surface area contributed by atoms with E-state index in [0.29, 0.717) is 0 Å². The normalized spacial score (nSPS) is 10.8. The summed E-state index contributed by atoms with van der Waals surface area (Å²) in [6.07, 6.45) is 1.67. The fourth-order valence-corrected chi connectivity index (χ4v) is 4.90. The summed E-state index contributed by atoms with van der Waals surface area (Å²) in [6.45, 7) is 3.53. The van der Waals surface area contributed by atoms with Gasteiger partial charge >= 0.3 is 71.6 Å². The molecule has 0 saturated heterocycles. The Bertz CT molecular complexity index is 131. The maximum atomic E-state index is 10.4. The van der Waals surface area contributed by atoms with E-state index in [1.165, 1.54) is 0 Å². The Labute approximate surface area is 71.3 Å². The van der Waals surface area contributed by atoms with Crippen molar-refractivity contribution in [3.63, 3.8) is 0 Å². The zero-order valence-corrected chi connectivity index (χ0v) is 12.0. The second-order valence-electron chi connectivity index (χ2n) is 2.04. The van der Waals surface area contributed by atoms with Crippen molar-refractivity contribution in [3.8, 4) is 0 Å². The van der Waals surface area contributed by atoms with Crippen LogP contribution in [0, 0.1) is 0 Å². The van der Waals surface area contributed by atoms with E-state index in [1.807, 2.05) is 6.92 Å². The summed E-state index contributed by atoms with van der Waals surface area (Å²) < 4.78 is 1.03. The Morgan fingerprint density at radius 2 is 2.22 bits per heavy atom. The molecule has 3 heteroatoms. The van der Waals surface area contributed by atoms with Crippen LogP contribution in [0.25, 0.3) is 0 Å². The summed E-state index contributed by atoms with van der Waals surface area (Å²) >= 11 is -1.04. The average molecular weight is 333 g/mol. The Hall–Kier alpha value is 0.635. The standard InChI is InChI=1S/C6H9O.ClH.Hg/c1-5(2)4-6(3)7;;/h4H,1H2,2-3H3;1H;/q;;+1/p-1/b5-4-;;. The predicted octanol–water partition coefficient (Wildman–Crippen LogP) is 2.18. The molecule has 0 saturated carbocycles. The van der Waals surface area contributed by atoms with Gasteiger partial charge in [0.05, 0.1) is 0 Å². The fourth-order valence-electron chi connectivity index (χ4n) is 0.568. The van der Waals surface area contributed by atoms with Crippen LogP contribution in [0.5, 0.6) is 0 Å². The van der Waals surface area contributed by atoms with Crippen LogP contribution in [0.3, 0.4) is 0 Å². The first-order valence-electron chi connectivity index (χ1n) is 2.90. The van der Waals surface area contributed by atoms with E-state index in [4.69, 9.17) is 8.25 Å². The minimum atomic E-state index is -1.04. The fraction of sp³-hybridized carbons (Fsp3) is 0.500. The Kier molecular flexibility index (Phi) is 5.80. The van der Waals surface area contributed by atoms with Crippen molar-refractivity contribution in [2.45, 2.75) is 17.8 Å². The SMILES string of the molecule is CC(=O)/C=C(\C)[CH2][Hg][Cl]. The van der Waals surface area contributed by atoms with Crippen molar-refractivity contribution in [1.29, 1.82) is 0 Å². The first kappa shape index (κ1) is 9.64. The first-order valence-corrected chi connectivity index (χ1v) is 13.6. The van der Waals surface area contributed by atoms with Crippen LogP contribution in [-0.4, -0.2) is 5.78 Å². The number of halogens is 1. The molecule has 9 heavy (non-hydrogen) atoms. The third-order valence-corrected chi connectivity index (χ3v) is 6.40. The molecule has 0 fully saturated rings. The predicted molar refractivity (Wildman–Crippen MR) is 35.1 cm³/mol. The molecule has 0 atom stereocenters. The molecule has 0 aromatic carbocycles. The van der Waals surface area contributed by atoms with Crippen LogP contribution in [0.4, 0.5) is 0 Å². The quantitative estimate of drug-likeness (QED) is 0.572. The zero-order valence-electron chi connectivity index (χ0n) is 5.78. The van der Waals surface area contributed by atoms with Gasteiger partial charge in [-0.2, -0.15) is 0 Å². The molecule has 0 spiro atoms. The van der Waals surface area contributed by atoms with Crippen molar-refractivity contribution in [2.24, 2.45) is 0 Å². The topological polar surface area (TPSA) is 17.1 Å². The molecule has 0 radical (unpaired) electrons. The molecular weight excluding hydrogens is 324 g/mol. The van der Waals surface area contributed by atoms with Gasteiger partial charge < -0.3 is 0 Å². The van der Waals surface area contributed by atoms with Gasteiger partial charge in [0.25, 0.3) is 0 Å². The summed E-state index contributed by atoms with van der Waals surface area (Å²) in [6, 6.07) is 0. The number of carbonyl (C=O) groups is 1. The number of ketones is 1. The maximum absolute atomic E-state index is 10.4. The molecule has 0 amide bonds. The molecule has 0 unspecified atom stereocenters. The minimum absolute atomic E-state index is 0.131. The third kappa shape index (κ3) is 6.52. The molecule has 0 N–H and O–H groups in total. The third-order valence-electron chi connectivity index (χ3n) is 0.938. The number of carbonyl (C=O) groups excluding carboxylic acids is 1. The van der Waals surface area contributed by atoms with Crippen LogP contribution in [0.2, 0.25) is 3.93 Å². The second-order valence-corrected chi connectivity index (χ2v) is 8.77. The van der Waals surface area contributed by atoms with Crippen LogP contribution >= 0.6 is 8.25 Å². The van der Waals surface area contributed by atoms with Gasteiger partial charge in [0.2, 0.25) is 0 Å². The Morgan fingerprint density at radius 1 is 1.67 bits per heavy atom. The number of rotatable bonds is 3. The molecule has 0 aliphatic rings. The molecule has 0 aliphatic carbocycles.